The number of benzene rings is 1. The third kappa shape index (κ3) is 2.41. The molecule has 0 radical (unpaired) electrons. The van der Waals surface area contributed by atoms with Crippen molar-refractivity contribution < 1.29 is 0 Å². The fourth-order valence-corrected chi connectivity index (χ4v) is 1.89. The number of nitrogen functional groups attached to an aromatic ring is 1. The molecule has 0 atom stereocenters. The second-order valence-electron chi connectivity index (χ2n) is 4.23. The van der Waals surface area contributed by atoms with E-state index >= 15 is 0 Å². The Morgan fingerprint density at radius 2 is 2.06 bits per heavy atom. The van der Waals surface area contributed by atoms with E-state index in [9.17, 15) is 4.79 Å². The van der Waals surface area contributed by atoms with Crippen molar-refractivity contribution >= 4 is 5.95 Å². The molecule has 0 spiro atoms. The van der Waals surface area contributed by atoms with Crippen LogP contribution < -0.4 is 16.8 Å². The van der Waals surface area contributed by atoms with Gasteiger partial charge in [-0.3, -0.25) is 15.2 Å². The third-order valence-electron chi connectivity index (χ3n) is 2.99. The molecule has 5 heteroatoms. The molecule has 0 saturated carbocycles. The molecule has 2 aromatic rings. The molecule has 0 aliphatic heterocycles. The number of hydrazine groups is 1. The van der Waals surface area contributed by atoms with Crippen molar-refractivity contribution in [1.82, 2.24) is 9.97 Å². The maximum Gasteiger partial charge on any atom is 0.256 e. The summed E-state index contributed by atoms with van der Waals surface area (Å²) in [5.41, 5.74) is 5.84. The van der Waals surface area contributed by atoms with E-state index in [-0.39, 0.29) is 11.5 Å². The Labute approximate surface area is 105 Å². The van der Waals surface area contributed by atoms with Gasteiger partial charge in [0.05, 0.1) is 5.69 Å². The summed E-state index contributed by atoms with van der Waals surface area (Å²) in [5.74, 6) is 5.52. The van der Waals surface area contributed by atoms with Gasteiger partial charge in [0.2, 0.25) is 5.95 Å². The molecule has 1 aromatic carbocycles. The summed E-state index contributed by atoms with van der Waals surface area (Å²) in [5, 5.41) is 0. The van der Waals surface area contributed by atoms with E-state index in [0.717, 1.165) is 11.1 Å². The molecule has 18 heavy (non-hydrogen) atoms. The van der Waals surface area contributed by atoms with Crippen molar-refractivity contribution in [3.05, 3.63) is 57.0 Å². The minimum Gasteiger partial charge on any atom is -0.294 e. The summed E-state index contributed by atoms with van der Waals surface area (Å²) in [6, 6.07) is 8.00. The van der Waals surface area contributed by atoms with Crippen LogP contribution in [-0.4, -0.2) is 9.97 Å². The number of nitrogens with two attached hydrogens (primary N) is 1. The second-order valence-corrected chi connectivity index (χ2v) is 4.23. The Morgan fingerprint density at radius 1 is 1.33 bits per heavy atom. The van der Waals surface area contributed by atoms with Crippen LogP contribution in [0.15, 0.2) is 29.1 Å². The number of H-pyrrole nitrogens is 1. The van der Waals surface area contributed by atoms with Crippen LogP contribution in [0.1, 0.15) is 22.4 Å². The lowest BCUT2D eigenvalue weighted by atomic mass is 10.0. The Bertz CT molecular complexity index is 619. The van der Waals surface area contributed by atoms with Gasteiger partial charge in [0, 0.05) is 12.0 Å². The third-order valence-corrected chi connectivity index (χ3v) is 2.99. The normalized spacial score (nSPS) is 10.4. The molecular weight excluding hydrogens is 228 g/mol. The Hall–Kier alpha value is -2.14. The number of hydrogen-bond donors (Lipinski definition) is 3. The monoisotopic (exact) mass is 244 g/mol. The summed E-state index contributed by atoms with van der Waals surface area (Å²) in [4.78, 5) is 18.7. The lowest BCUT2D eigenvalue weighted by Gasteiger charge is -2.08. The van der Waals surface area contributed by atoms with Crippen LogP contribution in [0, 0.1) is 13.8 Å². The highest BCUT2D eigenvalue weighted by Crippen LogP contribution is 2.13. The molecule has 2 rings (SSSR count). The summed E-state index contributed by atoms with van der Waals surface area (Å²) < 4.78 is 0. The Balaban J connectivity index is 2.42. The average Bonchev–Trinajstić information content (AvgIpc) is 2.35. The topological polar surface area (TPSA) is 83.8 Å². The van der Waals surface area contributed by atoms with Crippen LogP contribution in [0.5, 0.6) is 0 Å². The summed E-state index contributed by atoms with van der Waals surface area (Å²) >= 11 is 0. The number of aromatic nitrogens is 2. The summed E-state index contributed by atoms with van der Waals surface area (Å²) in [6.07, 6.45) is 0.575. The number of nitrogens with one attached hydrogen (secondary N) is 2. The molecule has 0 aliphatic rings. The van der Waals surface area contributed by atoms with Gasteiger partial charge < -0.3 is 0 Å². The molecular formula is C13H16N4O. The van der Waals surface area contributed by atoms with Crippen molar-refractivity contribution in [2.45, 2.75) is 20.3 Å². The first kappa shape index (κ1) is 12.3. The first-order valence-electron chi connectivity index (χ1n) is 5.72. The first-order chi connectivity index (χ1) is 8.61. The van der Waals surface area contributed by atoms with Gasteiger partial charge in [-0.05, 0) is 25.0 Å². The fourth-order valence-electron chi connectivity index (χ4n) is 1.89. The van der Waals surface area contributed by atoms with E-state index in [1.165, 1.54) is 0 Å². The molecule has 0 bridgehead atoms. The van der Waals surface area contributed by atoms with Crippen LogP contribution in [0.3, 0.4) is 0 Å². The van der Waals surface area contributed by atoms with E-state index in [0.29, 0.717) is 17.7 Å². The summed E-state index contributed by atoms with van der Waals surface area (Å²) in [6.45, 7) is 3.84. The lowest BCUT2D eigenvalue weighted by molar-refractivity contribution is 0.968. The average molecular weight is 244 g/mol. The van der Waals surface area contributed by atoms with Gasteiger partial charge in [0.25, 0.3) is 5.56 Å². The minimum atomic E-state index is -0.154. The van der Waals surface area contributed by atoms with E-state index in [2.05, 4.69) is 15.4 Å². The predicted molar refractivity (Wildman–Crippen MR) is 71.4 cm³/mol. The molecule has 0 unspecified atom stereocenters. The second kappa shape index (κ2) is 5.01. The van der Waals surface area contributed by atoms with Crippen molar-refractivity contribution in [3.8, 4) is 0 Å². The van der Waals surface area contributed by atoms with Crippen LogP contribution in [0.2, 0.25) is 0 Å². The molecule has 5 nitrogen and oxygen atoms in total. The number of aryl methyl sites for hydroxylation is 2. The van der Waals surface area contributed by atoms with Crippen molar-refractivity contribution in [3.63, 3.8) is 0 Å². The first-order valence-corrected chi connectivity index (χ1v) is 5.72. The van der Waals surface area contributed by atoms with Gasteiger partial charge in [-0.25, -0.2) is 10.8 Å². The van der Waals surface area contributed by atoms with Crippen LogP contribution in [0.4, 0.5) is 5.95 Å². The molecule has 0 saturated heterocycles. The Morgan fingerprint density at radius 3 is 2.67 bits per heavy atom. The number of nitrogens with zero attached hydrogens (tertiary/aromatic N) is 1. The van der Waals surface area contributed by atoms with E-state index in [1.807, 2.05) is 38.1 Å². The van der Waals surface area contributed by atoms with E-state index in [4.69, 9.17) is 5.84 Å². The zero-order chi connectivity index (χ0) is 13.1. The van der Waals surface area contributed by atoms with Crippen molar-refractivity contribution in [1.29, 1.82) is 0 Å². The van der Waals surface area contributed by atoms with E-state index in [1.54, 1.807) is 0 Å². The van der Waals surface area contributed by atoms with E-state index < -0.39 is 0 Å². The van der Waals surface area contributed by atoms with Gasteiger partial charge in [0.1, 0.15) is 0 Å². The highest BCUT2D eigenvalue weighted by atomic mass is 16.1. The summed E-state index contributed by atoms with van der Waals surface area (Å²) in [7, 11) is 0. The molecule has 4 N–H and O–H groups in total. The standard InChI is InChI=1S/C13H16N4O/c1-8-5-3-4-6-10(8)7-11-9(2)15-13(17-14)16-12(11)18/h3-6H,7,14H2,1-2H3,(H2,15,16,17,18). The lowest BCUT2D eigenvalue weighted by Crippen LogP contribution is -2.21. The SMILES string of the molecule is Cc1ccccc1Cc1c(C)nc(NN)[nH]c1=O. The number of anilines is 1. The van der Waals surface area contributed by atoms with Crippen molar-refractivity contribution in [2.75, 3.05) is 5.43 Å². The van der Waals surface area contributed by atoms with Gasteiger partial charge in [-0.15, -0.1) is 0 Å². The quantitative estimate of drug-likeness (QED) is 0.560. The molecule has 0 amide bonds. The molecule has 0 aliphatic carbocycles. The fraction of sp³-hybridized carbons (Fsp3) is 0.231. The highest BCUT2D eigenvalue weighted by molar-refractivity contribution is 5.34. The Kier molecular flexibility index (Phi) is 3.43. The number of rotatable bonds is 3. The number of hydrogen-bond acceptors (Lipinski definition) is 4. The minimum absolute atomic E-state index is 0.154. The zero-order valence-corrected chi connectivity index (χ0v) is 10.4. The maximum atomic E-state index is 11.9. The molecule has 0 fully saturated rings. The highest BCUT2D eigenvalue weighted by Gasteiger charge is 2.09. The molecule has 94 valence electrons. The van der Waals surface area contributed by atoms with Gasteiger partial charge in [-0.2, -0.15) is 0 Å². The zero-order valence-electron chi connectivity index (χ0n) is 10.4. The molecule has 1 aromatic heterocycles. The van der Waals surface area contributed by atoms with Crippen LogP contribution in [-0.2, 0) is 6.42 Å². The van der Waals surface area contributed by atoms with Crippen LogP contribution in [0.25, 0.3) is 0 Å². The van der Waals surface area contributed by atoms with Gasteiger partial charge in [0.15, 0.2) is 0 Å². The largest absolute Gasteiger partial charge is 0.294 e. The van der Waals surface area contributed by atoms with Gasteiger partial charge >= 0.3 is 0 Å². The smallest absolute Gasteiger partial charge is 0.256 e. The number of aromatic amines is 1. The van der Waals surface area contributed by atoms with Crippen LogP contribution >= 0.6 is 0 Å². The maximum absolute atomic E-state index is 11.9. The molecule has 1 heterocycles. The van der Waals surface area contributed by atoms with Crippen molar-refractivity contribution in [2.24, 2.45) is 5.84 Å². The van der Waals surface area contributed by atoms with Gasteiger partial charge in [-0.1, -0.05) is 24.3 Å². The predicted octanol–water partition coefficient (Wildman–Crippen LogP) is 1.26.